The Labute approximate surface area is 396 Å². The van der Waals surface area contributed by atoms with Crippen LogP contribution in [-0.4, -0.2) is 193 Å². The zero-order chi connectivity index (χ0) is 49.1. The molecule has 0 bridgehead atoms. The van der Waals surface area contributed by atoms with Gasteiger partial charge in [-0.1, -0.05) is 120 Å². The lowest BCUT2D eigenvalue weighted by Gasteiger charge is -2.48. The van der Waals surface area contributed by atoms with Crippen molar-refractivity contribution in [1.82, 2.24) is 5.32 Å². The second-order valence-electron chi connectivity index (χ2n) is 18.0. The molecule has 3 aliphatic rings. The standard InChI is InChI=1S/C48H85NO18/c1-3-4-5-6-7-8-9-10-11-12-13-14-15-16-17-18-19-20-21-22-23-24-25-26-33(54)32(49-31(2)53)30-62-46-42(60)39(57)44(35(28-51)64-46)67-48-43(61)40(58)45(36(29-52)65-48)66-47-41(59)38(56)37(55)34(27-50)63-47/h17-18,21-22,25-26,32-48,50-52,54-61H,3-16,19-20,23-24,27-30H2,1-2H3,(H,49,53)/b18-17+,22-21+,26-25+. The molecular weight excluding hydrogens is 879 g/mol. The molecule has 3 heterocycles. The minimum atomic E-state index is -1.98. The van der Waals surface area contributed by atoms with Gasteiger partial charge in [-0.3, -0.25) is 4.79 Å². The summed E-state index contributed by atoms with van der Waals surface area (Å²) < 4.78 is 33.6. The molecule has 17 atom stereocenters. The molecule has 3 rings (SSSR count). The minimum absolute atomic E-state index is 0.388. The van der Waals surface area contributed by atoms with Crippen LogP contribution >= 0.6 is 0 Å². The van der Waals surface area contributed by atoms with Gasteiger partial charge in [0.15, 0.2) is 18.9 Å². The van der Waals surface area contributed by atoms with Crippen molar-refractivity contribution >= 4 is 5.91 Å². The summed E-state index contributed by atoms with van der Waals surface area (Å²) in [6.45, 7) is 0.695. The first-order chi connectivity index (χ1) is 32.3. The molecule has 3 saturated heterocycles. The van der Waals surface area contributed by atoms with Crippen LogP contribution in [0, 0.1) is 0 Å². The second kappa shape index (κ2) is 33.6. The average molecular weight is 964 g/mol. The van der Waals surface area contributed by atoms with E-state index in [-0.39, 0.29) is 6.61 Å². The van der Waals surface area contributed by atoms with E-state index in [9.17, 15) is 61.0 Å². The van der Waals surface area contributed by atoms with E-state index in [0.717, 1.165) is 25.7 Å². The van der Waals surface area contributed by atoms with Crippen molar-refractivity contribution in [1.29, 1.82) is 0 Å². The monoisotopic (exact) mass is 964 g/mol. The van der Waals surface area contributed by atoms with E-state index in [4.69, 9.17) is 28.4 Å². The van der Waals surface area contributed by atoms with Crippen LogP contribution in [0.1, 0.15) is 129 Å². The number of aliphatic hydroxyl groups is 11. The Morgan fingerprint density at radius 2 is 0.925 bits per heavy atom. The fourth-order valence-corrected chi connectivity index (χ4v) is 8.37. The first-order valence-corrected chi connectivity index (χ1v) is 24.7. The highest BCUT2D eigenvalue weighted by atomic mass is 16.8. The highest BCUT2D eigenvalue weighted by Crippen LogP contribution is 2.33. The van der Waals surface area contributed by atoms with Gasteiger partial charge < -0.3 is 89.9 Å². The molecular formula is C48H85NO18. The molecule has 0 aromatic rings. The number of unbranched alkanes of at least 4 members (excludes halogenated alkanes) is 15. The number of nitrogens with one attached hydrogen (secondary N) is 1. The maximum Gasteiger partial charge on any atom is 0.217 e. The van der Waals surface area contributed by atoms with E-state index in [1.165, 1.54) is 96.5 Å². The summed E-state index contributed by atoms with van der Waals surface area (Å²) in [6.07, 6.45) is 7.19. The van der Waals surface area contributed by atoms with Crippen LogP contribution in [0.25, 0.3) is 0 Å². The fraction of sp³-hybridized carbons (Fsp3) is 0.854. The third-order valence-corrected chi connectivity index (χ3v) is 12.5. The molecule has 12 N–H and O–H groups in total. The number of ether oxygens (including phenoxy) is 6. The van der Waals surface area contributed by atoms with Gasteiger partial charge in [0.1, 0.15) is 73.2 Å². The Morgan fingerprint density at radius 3 is 1.40 bits per heavy atom. The first kappa shape index (κ1) is 59.3. The molecule has 0 aromatic heterocycles. The van der Waals surface area contributed by atoms with Crippen LogP contribution < -0.4 is 5.32 Å². The van der Waals surface area contributed by atoms with E-state index >= 15 is 0 Å². The fourth-order valence-electron chi connectivity index (χ4n) is 8.37. The third kappa shape index (κ3) is 20.3. The van der Waals surface area contributed by atoms with Gasteiger partial charge in [0, 0.05) is 6.92 Å². The van der Waals surface area contributed by atoms with Crippen LogP contribution in [0.2, 0.25) is 0 Å². The summed E-state index contributed by atoms with van der Waals surface area (Å²) in [4.78, 5) is 12.0. The van der Waals surface area contributed by atoms with Crippen molar-refractivity contribution in [2.24, 2.45) is 0 Å². The number of hydrogen-bond acceptors (Lipinski definition) is 18. The zero-order valence-corrected chi connectivity index (χ0v) is 39.6. The molecule has 3 fully saturated rings. The van der Waals surface area contributed by atoms with Crippen LogP contribution in [0.15, 0.2) is 36.5 Å². The van der Waals surface area contributed by atoms with Crippen LogP contribution in [0.3, 0.4) is 0 Å². The summed E-state index contributed by atoms with van der Waals surface area (Å²) in [5, 5.41) is 118. The number of rotatable bonds is 33. The smallest absolute Gasteiger partial charge is 0.217 e. The second-order valence-corrected chi connectivity index (χ2v) is 18.0. The van der Waals surface area contributed by atoms with Gasteiger partial charge in [0.2, 0.25) is 5.91 Å². The average Bonchev–Trinajstić information content (AvgIpc) is 3.31. The van der Waals surface area contributed by atoms with Gasteiger partial charge in [0.25, 0.3) is 0 Å². The molecule has 390 valence electrons. The predicted molar refractivity (Wildman–Crippen MR) is 245 cm³/mol. The Bertz CT molecular complexity index is 1390. The van der Waals surface area contributed by atoms with Gasteiger partial charge in [0.05, 0.1) is 38.6 Å². The van der Waals surface area contributed by atoms with Crippen LogP contribution in [0.4, 0.5) is 0 Å². The maximum absolute atomic E-state index is 12.0. The van der Waals surface area contributed by atoms with Crippen molar-refractivity contribution in [3.63, 3.8) is 0 Å². The van der Waals surface area contributed by atoms with Crippen molar-refractivity contribution in [2.75, 3.05) is 26.4 Å². The number of hydrogen-bond donors (Lipinski definition) is 12. The molecule has 67 heavy (non-hydrogen) atoms. The Kier molecular flexibility index (Phi) is 29.7. The molecule has 19 nitrogen and oxygen atoms in total. The predicted octanol–water partition coefficient (Wildman–Crippen LogP) is 1.03. The Hall–Kier alpha value is -1.99. The number of aliphatic hydroxyl groups excluding tert-OH is 11. The van der Waals surface area contributed by atoms with E-state index in [1.54, 1.807) is 6.08 Å². The topological polar surface area (TPSA) is 307 Å². The number of allylic oxidation sites excluding steroid dienone is 5. The quantitative estimate of drug-likeness (QED) is 0.0323. The van der Waals surface area contributed by atoms with Crippen molar-refractivity contribution in [3.8, 4) is 0 Å². The highest BCUT2D eigenvalue weighted by molar-refractivity contribution is 5.73. The summed E-state index contributed by atoms with van der Waals surface area (Å²) in [6, 6.07) is -0.994. The number of carbonyl (C=O) groups excluding carboxylic acids is 1. The van der Waals surface area contributed by atoms with Gasteiger partial charge in [-0.2, -0.15) is 0 Å². The largest absolute Gasteiger partial charge is 0.394 e. The highest BCUT2D eigenvalue weighted by Gasteiger charge is 2.53. The minimum Gasteiger partial charge on any atom is -0.394 e. The molecule has 0 aliphatic carbocycles. The lowest BCUT2D eigenvalue weighted by molar-refractivity contribution is -0.379. The van der Waals surface area contributed by atoms with Gasteiger partial charge in [-0.05, 0) is 38.5 Å². The molecule has 0 spiro atoms. The zero-order valence-electron chi connectivity index (χ0n) is 39.6. The van der Waals surface area contributed by atoms with E-state index in [1.807, 2.05) is 0 Å². The molecule has 0 radical (unpaired) electrons. The van der Waals surface area contributed by atoms with Gasteiger partial charge in [-0.25, -0.2) is 0 Å². The van der Waals surface area contributed by atoms with E-state index in [0.29, 0.717) is 6.42 Å². The summed E-state index contributed by atoms with van der Waals surface area (Å²) in [5.74, 6) is -0.468. The SMILES string of the molecule is CCCCCCCCCCCCCCC/C=C/CC/C=C/CC/C=C/C(O)C(COC1OC(CO)C(OC2OC(CO)C(OC3OC(CO)C(O)C(O)C3O)C(O)C2O)C(O)C1O)NC(C)=O. The van der Waals surface area contributed by atoms with Gasteiger partial charge >= 0.3 is 0 Å². The van der Waals surface area contributed by atoms with Crippen LogP contribution in [-0.2, 0) is 33.2 Å². The molecule has 19 heteroatoms. The molecule has 1 amide bonds. The summed E-state index contributed by atoms with van der Waals surface area (Å²) in [5.41, 5.74) is 0. The van der Waals surface area contributed by atoms with E-state index < -0.39 is 130 Å². The number of carbonyl (C=O) groups is 1. The normalized spacial score (nSPS) is 33.8. The lowest BCUT2D eigenvalue weighted by atomic mass is 9.96. The lowest BCUT2D eigenvalue weighted by Crippen LogP contribution is -2.66. The van der Waals surface area contributed by atoms with Crippen molar-refractivity contribution in [3.05, 3.63) is 36.5 Å². The Balaban J connectivity index is 1.38. The maximum atomic E-state index is 12.0. The summed E-state index contributed by atoms with van der Waals surface area (Å²) >= 11 is 0. The Morgan fingerprint density at radius 1 is 0.522 bits per heavy atom. The van der Waals surface area contributed by atoms with Crippen molar-refractivity contribution in [2.45, 2.75) is 234 Å². The molecule has 0 aromatic carbocycles. The molecule has 3 aliphatic heterocycles. The van der Waals surface area contributed by atoms with Crippen LogP contribution in [0.5, 0.6) is 0 Å². The molecule has 17 unspecified atom stereocenters. The van der Waals surface area contributed by atoms with Crippen molar-refractivity contribution < 1.29 is 89.4 Å². The molecule has 0 saturated carbocycles. The first-order valence-electron chi connectivity index (χ1n) is 24.7. The number of amides is 1. The third-order valence-electron chi connectivity index (χ3n) is 12.5. The van der Waals surface area contributed by atoms with Gasteiger partial charge in [-0.15, -0.1) is 0 Å². The van der Waals surface area contributed by atoms with E-state index in [2.05, 4.69) is 36.5 Å². The summed E-state index contributed by atoms with van der Waals surface area (Å²) in [7, 11) is 0.